The highest BCUT2D eigenvalue weighted by atomic mass is 19.1. The Kier molecular flexibility index (Phi) is 8.09. The smallest absolute Gasteiger partial charge is 0.146 e. The van der Waals surface area contributed by atoms with E-state index in [1.165, 1.54) is 0 Å². The molecule has 38 heavy (non-hydrogen) atoms. The molecule has 204 valence electrons. The van der Waals surface area contributed by atoms with E-state index in [2.05, 4.69) is 33.7 Å². The van der Waals surface area contributed by atoms with E-state index in [1.807, 2.05) is 42.3 Å². The van der Waals surface area contributed by atoms with E-state index >= 15 is 4.39 Å². The van der Waals surface area contributed by atoms with Gasteiger partial charge in [0.15, 0.2) is 0 Å². The molecule has 3 aromatic rings. The predicted octanol–water partition coefficient (Wildman–Crippen LogP) is 5.02. The number of aliphatic hydroxyl groups excluding tert-OH is 1. The summed E-state index contributed by atoms with van der Waals surface area (Å²) >= 11 is 0. The lowest BCUT2D eigenvalue weighted by Crippen LogP contribution is -2.60. The van der Waals surface area contributed by atoms with Crippen LogP contribution >= 0.6 is 0 Å². The van der Waals surface area contributed by atoms with Crippen LogP contribution in [0.1, 0.15) is 68.9 Å². The van der Waals surface area contributed by atoms with Crippen LogP contribution in [0.2, 0.25) is 0 Å². The van der Waals surface area contributed by atoms with Gasteiger partial charge < -0.3 is 14.9 Å². The number of aryl methyl sites for hydroxylation is 1. The van der Waals surface area contributed by atoms with Gasteiger partial charge in [-0.3, -0.25) is 4.68 Å². The van der Waals surface area contributed by atoms with Crippen LogP contribution in [0.25, 0.3) is 11.3 Å². The second kappa shape index (κ2) is 11.5. The van der Waals surface area contributed by atoms with Gasteiger partial charge in [-0.25, -0.2) is 14.4 Å². The van der Waals surface area contributed by atoms with E-state index in [-0.39, 0.29) is 11.9 Å². The number of aromatic nitrogens is 4. The maximum absolute atomic E-state index is 15.3. The fraction of sp³-hybridized carbons (Fsp3) is 0.567. The number of rotatable bonds is 10. The maximum atomic E-state index is 15.3. The first-order chi connectivity index (χ1) is 18.4. The standard InChI is InChI=1S/C30H41FN6O/c1-22(2)37-19-25(18-33-37)29-23(3)17-32-28(34-29)16-24-7-8-27(26(31)15-24)36-12-9-30(10-13-36)20-35(21-30)11-5-4-6-14-38/h7-8,15,17-19,22,38H,4-6,9-14,16,20-21H2,1-3H3. The lowest BCUT2D eigenvalue weighted by Gasteiger charge is -2.54. The zero-order chi connectivity index (χ0) is 26.7. The zero-order valence-corrected chi connectivity index (χ0v) is 23.0. The molecule has 0 aliphatic carbocycles. The van der Waals surface area contributed by atoms with Crippen LogP contribution in [0, 0.1) is 18.2 Å². The monoisotopic (exact) mass is 520 g/mol. The Morgan fingerprint density at radius 2 is 1.87 bits per heavy atom. The number of piperidine rings is 1. The number of unbranched alkanes of at least 4 members (excludes halogenated alkanes) is 2. The van der Waals surface area contributed by atoms with Gasteiger partial charge in [0.25, 0.3) is 0 Å². The number of hydrogen-bond acceptors (Lipinski definition) is 6. The van der Waals surface area contributed by atoms with Crippen LogP contribution in [0.5, 0.6) is 0 Å². The van der Waals surface area contributed by atoms with Crippen LogP contribution in [-0.2, 0) is 6.42 Å². The van der Waals surface area contributed by atoms with Crippen molar-refractivity contribution in [1.29, 1.82) is 0 Å². The summed E-state index contributed by atoms with van der Waals surface area (Å²) in [6.45, 7) is 11.8. The minimum absolute atomic E-state index is 0.164. The molecule has 2 saturated heterocycles. The van der Waals surface area contributed by atoms with Gasteiger partial charge in [-0.2, -0.15) is 5.10 Å². The average molecular weight is 521 g/mol. The summed E-state index contributed by atoms with van der Waals surface area (Å²) in [6, 6.07) is 5.88. The van der Waals surface area contributed by atoms with E-state index in [0.29, 0.717) is 30.0 Å². The van der Waals surface area contributed by atoms with Crippen LogP contribution in [0.15, 0.2) is 36.8 Å². The number of likely N-dealkylation sites (tertiary alicyclic amines) is 1. The molecule has 2 fully saturated rings. The summed E-state index contributed by atoms with van der Waals surface area (Å²) in [5.74, 6) is 0.518. The molecule has 2 aliphatic heterocycles. The first kappa shape index (κ1) is 26.8. The molecule has 1 N–H and O–H groups in total. The second-order valence-electron chi connectivity index (χ2n) is 11.6. The Hall–Kier alpha value is -2.84. The quantitative estimate of drug-likeness (QED) is 0.379. The van der Waals surface area contributed by atoms with E-state index in [0.717, 1.165) is 87.2 Å². The zero-order valence-electron chi connectivity index (χ0n) is 23.0. The Labute approximate surface area is 225 Å². The Morgan fingerprint density at radius 3 is 2.55 bits per heavy atom. The van der Waals surface area contributed by atoms with Crippen molar-refractivity contribution < 1.29 is 9.50 Å². The molecule has 0 unspecified atom stereocenters. The largest absolute Gasteiger partial charge is 0.396 e. The summed E-state index contributed by atoms with van der Waals surface area (Å²) in [7, 11) is 0. The van der Waals surface area contributed by atoms with Crippen LogP contribution < -0.4 is 4.90 Å². The molecular weight excluding hydrogens is 479 g/mol. The molecule has 0 atom stereocenters. The van der Waals surface area contributed by atoms with Gasteiger partial charge in [0.05, 0.1) is 17.6 Å². The predicted molar refractivity (Wildman–Crippen MR) is 149 cm³/mol. The highest BCUT2D eigenvalue weighted by Gasteiger charge is 2.44. The maximum Gasteiger partial charge on any atom is 0.146 e. The molecule has 8 heteroatoms. The van der Waals surface area contributed by atoms with Gasteiger partial charge in [0.1, 0.15) is 11.6 Å². The number of benzene rings is 1. The van der Waals surface area contributed by atoms with Gasteiger partial charge in [0.2, 0.25) is 0 Å². The summed E-state index contributed by atoms with van der Waals surface area (Å²) in [6.07, 6.45) is 11.6. The first-order valence-electron chi connectivity index (χ1n) is 14.1. The van der Waals surface area contributed by atoms with Crippen molar-refractivity contribution in [1.82, 2.24) is 24.6 Å². The molecule has 0 saturated carbocycles. The van der Waals surface area contributed by atoms with Gasteiger partial charge in [-0.1, -0.05) is 6.07 Å². The van der Waals surface area contributed by atoms with Crippen molar-refractivity contribution in [2.24, 2.45) is 5.41 Å². The number of aliphatic hydroxyl groups is 1. The van der Waals surface area contributed by atoms with Gasteiger partial charge >= 0.3 is 0 Å². The topological polar surface area (TPSA) is 70.3 Å². The molecule has 0 radical (unpaired) electrons. The third-order valence-corrected chi connectivity index (χ3v) is 8.22. The summed E-state index contributed by atoms with van der Waals surface area (Å²) < 4.78 is 17.2. The molecule has 1 aromatic carbocycles. The van der Waals surface area contributed by atoms with Gasteiger partial charge in [-0.15, -0.1) is 0 Å². The number of hydrogen-bond donors (Lipinski definition) is 1. The second-order valence-corrected chi connectivity index (χ2v) is 11.6. The third kappa shape index (κ3) is 5.91. The molecule has 0 bridgehead atoms. The highest BCUT2D eigenvalue weighted by molar-refractivity contribution is 5.60. The Bertz CT molecular complexity index is 1230. The van der Waals surface area contributed by atoms with E-state index in [1.54, 1.807) is 6.07 Å². The van der Waals surface area contributed by atoms with Crippen LogP contribution in [0.4, 0.5) is 10.1 Å². The van der Waals surface area contributed by atoms with Crippen molar-refractivity contribution in [3.8, 4) is 11.3 Å². The fourth-order valence-corrected chi connectivity index (χ4v) is 5.92. The van der Waals surface area contributed by atoms with Crippen molar-refractivity contribution in [2.75, 3.05) is 44.2 Å². The van der Waals surface area contributed by atoms with E-state index in [9.17, 15) is 0 Å². The van der Waals surface area contributed by atoms with Crippen LogP contribution in [0.3, 0.4) is 0 Å². The highest BCUT2D eigenvalue weighted by Crippen LogP contribution is 2.41. The van der Waals surface area contributed by atoms with Crippen LogP contribution in [-0.4, -0.2) is 69.1 Å². The number of halogens is 1. The van der Waals surface area contributed by atoms with Crippen molar-refractivity contribution in [3.05, 3.63) is 59.6 Å². The minimum Gasteiger partial charge on any atom is -0.396 e. The average Bonchev–Trinajstić information content (AvgIpc) is 3.38. The van der Waals surface area contributed by atoms with E-state index < -0.39 is 0 Å². The Morgan fingerprint density at radius 1 is 1.08 bits per heavy atom. The molecule has 1 spiro atoms. The molecule has 2 aliphatic rings. The SMILES string of the molecule is Cc1cnc(Cc2ccc(N3CCC4(CC3)CN(CCCCCO)C4)c(F)c2)nc1-c1cnn(C(C)C)c1. The molecule has 4 heterocycles. The molecule has 0 amide bonds. The lowest BCUT2D eigenvalue weighted by atomic mass is 9.72. The Balaban J connectivity index is 1.18. The lowest BCUT2D eigenvalue weighted by molar-refractivity contribution is -0.0191. The molecule has 5 rings (SSSR count). The molecule has 2 aromatic heterocycles. The normalized spacial score (nSPS) is 17.4. The third-order valence-electron chi connectivity index (χ3n) is 8.22. The van der Waals surface area contributed by atoms with Crippen molar-refractivity contribution >= 4 is 5.69 Å². The molecular formula is C30H41FN6O. The summed E-state index contributed by atoms with van der Waals surface area (Å²) in [5, 5.41) is 13.4. The minimum atomic E-state index is -0.164. The fourth-order valence-electron chi connectivity index (χ4n) is 5.92. The first-order valence-corrected chi connectivity index (χ1v) is 14.1. The number of anilines is 1. The number of nitrogens with zero attached hydrogens (tertiary/aromatic N) is 6. The van der Waals surface area contributed by atoms with Crippen molar-refractivity contribution in [2.45, 2.75) is 65.3 Å². The van der Waals surface area contributed by atoms with Gasteiger partial charge in [-0.05, 0) is 88.1 Å². The van der Waals surface area contributed by atoms with Gasteiger partial charge in [0, 0.05) is 63.2 Å². The molecule has 7 nitrogen and oxygen atoms in total. The summed E-state index contributed by atoms with van der Waals surface area (Å²) in [4.78, 5) is 14.1. The van der Waals surface area contributed by atoms with Crippen molar-refractivity contribution in [3.63, 3.8) is 0 Å². The van der Waals surface area contributed by atoms with E-state index in [4.69, 9.17) is 10.1 Å². The summed E-state index contributed by atoms with van der Waals surface area (Å²) in [5.41, 5.74) is 4.84.